The summed E-state index contributed by atoms with van der Waals surface area (Å²) in [5.41, 5.74) is 1.91. The number of aliphatic hydroxyl groups is 1. The number of aromatic nitrogens is 1. The lowest BCUT2D eigenvalue weighted by molar-refractivity contribution is -0.121. The van der Waals surface area contributed by atoms with Gasteiger partial charge in [-0.2, -0.15) is 11.8 Å². The quantitative estimate of drug-likeness (QED) is 0.886. The fourth-order valence-electron chi connectivity index (χ4n) is 2.08. The average Bonchev–Trinajstić information content (AvgIpc) is 2.91. The van der Waals surface area contributed by atoms with E-state index in [0.29, 0.717) is 13.2 Å². The van der Waals surface area contributed by atoms with Gasteiger partial charge in [0.1, 0.15) is 10.8 Å². The highest BCUT2D eigenvalue weighted by Gasteiger charge is 2.37. The molecule has 1 fully saturated rings. The topological polar surface area (TPSA) is 42.4 Å². The zero-order chi connectivity index (χ0) is 14.7. The van der Waals surface area contributed by atoms with E-state index in [9.17, 15) is 9.50 Å². The van der Waals surface area contributed by atoms with E-state index in [2.05, 4.69) is 4.98 Å². The molecule has 0 unspecified atom stereocenters. The summed E-state index contributed by atoms with van der Waals surface area (Å²) in [7, 11) is 0. The van der Waals surface area contributed by atoms with E-state index in [1.165, 1.54) is 12.1 Å². The lowest BCUT2D eigenvalue weighted by Crippen LogP contribution is -2.47. The molecule has 1 aromatic heterocycles. The van der Waals surface area contributed by atoms with Gasteiger partial charge in [-0.15, -0.1) is 11.3 Å². The van der Waals surface area contributed by atoms with Gasteiger partial charge in [0.2, 0.25) is 0 Å². The van der Waals surface area contributed by atoms with E-state index in [4.69, 9.17) is 4.74 Å². The standard InChI is InChI=1S/C15H16FNO2S2/c16-12-3-1-11(2-4-12)14-17-13(6-21-14)5-20-10-15(7-18)8-19-9-15/h1-4,6,18H,5,7-10H2. The summed E-state index contributed by atoms with van der Waals surface area (Å²) in [5.74, 6) is 1.47. The molecule has 1 aromatic carbocycles. The van der Waals surface area contributed by atoms with E-state index in [1.54, 1.807) is 35.2 Å². The smallest absolute Gasteiger partial charge is 0.123 e. The second-order valence-corrected chi connectivity index (χ2v) is 7.14. The maximum Gasteiger partial charge on any atom is 0.123 e. The molecule has 1 aliphatic rings. The molecule has 0 radical (unpaired) electrons. The van der Waals surface area contributed by atoms with Gasteiger partial charge in [-0.05, 0) is 24.3 Å². The van der Waals surface area contributed by atoms with Crippen LogP contribution in [0.1, 0.15) is 5.69 Å². The van der Waals surface area contributed by atoms with Crippen LogP contribution in [0, 0.1) is 11.2 Å². The third-order valence-corrected chi connectivity index (χ3v) is 5.71. The molecule has 1 N–H and O–H groups in total. The molecule has 1 saturated heterocycles. The van der Waals surface area contributed by atoms with Crippen molar-refractivity contribution < 1.29 is 14.2 Å². The van der Waals surface area contributed by atoms with E-state index < -0.39 is 0 Å². The van der Waals surface area contributed by atoms with Crippen molar-refractivity contribution in [3.05, 3.63) is 41.2 Å². The Morgan fingerprint density at radius 2 is 2.10 bits per heavy atom. The number of thioether (sulfide) groups is 1. The van der Waals surface area contributed by atoms with Crippen molar-refractivity contribution in [2.45, 2.75) is 5.75 Å². The molecule has 2 aromatic rings. The van der Waals surface area contributed by atoms with Crippen LogP contribution in [-0.2, 0) is 10.5 Å². The summed E-state index contributed by atoms with van der Waals surface area (Å²) in [5, 5.41) is 12.3. The number of hydrogen-bond donors (Lipinski definition) is 1. The molecule has 21 heavy (non-hydrogen) atoms. The molecule has 112 valence electrons. The molecule has 0 spiro atoms. The van der Waals surface area contributed by atoms with Gasteiger partial charge in [0.25, 0.3) is 0 Å². The number of hydrogen-bond acceptors (Lipinski definition) is 5. The maximum atomic E-state index is 12.9. The summed E-state index contributed by atoms with van der Waals surface area (Å²) in [4.78, 5) is 4.58. The monoisotopic (exact) mass is 325 g/mol. The van der Waals surface area contributed by atoms with Crippen LogP contribution in [-0.4, -0.2) is 35.7 Å². The first kappa shape index (κ1) is 15.0. The van der Waals surface area contributed by atoms with Crippen molar-refractivity contribution in [1.29, 1.82) is 0 Å². The maximum absolute atomic E-state index is 12.9. The molecule has 3 rings (SSSR count). The van der Waals surface area contributed by atoms with Gasteiger partial charge in [0, 0.05) is 27.9 Å². The van der Waals surface area contributed by atoms with Gasteiger partial charge in [-0.25, -0.2) is 9.37 Å². The van der Waals surface area contributed by atoms with Gasteiger partial charge in [-0.3, -0.25) is 0 Å². The zero-order valence-electron chi connectivity index (χ0n) is 11.4. The van der Waals surface area contributed by atoms with Gasteiger partial charge in [-0.1, -0.05) is 0 Å². The predicted octanol–water partition coefficient (Wildman–Crippen LogP) is 3.19. The highest BCUT2D eigenvalue weighted by molar-refractivity contribution is 7.98. The molecule has 6 heteroatoms. The first-order valence-corrected chi connectivity index (χ1v) is 8.71. The van der Waals surface area contributed by atoms with Crippen LogP contribution in [0.3, 0.4) is 0 Å². The minimum atomic E-state index is -0.233. The first-order valence-electron chi connectivity index (χ1n) is 6.67. The predicted molar refractivity (Wildman–Crippen MR) is 84.0 cm³/mol. The molecule has 0 atom stereocenters. The molecule has 0 aliphatic carbocycles. The van der Waals surface area contributed by atoms with Gasteiger partial charge >= 0.3 is 0 Å². The van der Waals surface area contributed by atoms with Crippen LogP contribution in [0.5, 0.6) is 0 Å². The zero-order valence-corrected chi connectivity index (χ0v) is 13.1. The van der Waals surface area contributed by atoms with E-state index >= 15 is 0 Å². The van der Waals surface area contributed by atoms with Crippen LogP contribution < -0.4 is 0 Å². The van der Waals surface area contributed by atoms with Crippen LogP contribution in [0.4, 0.5) is 4.39 Å². The third-order valence-electron chi connectivity index (χ3n) is 3.45. The van der Waals surface area contributed by atoms with Crippen molar-refractivity contribution in [2.75, 3.05) is 25.6 Å². The summed E-state index contributed by atoms with van der Waals surface area (Å²) >= 11 is 3.34. The Bertz CT molecular complexity index is 590. The Balaban J connectivity index is 1.56. The lowest BCUT2D eigenvalue weighted by atomic mass is 9.90. The number of benzene rings is 1. The minimum Gasteiger partial charge on any atom is -0.396 e. The number of ether oxygens (including phenoxy) is 1. The van der Waals surface area contributed by atoms with Crippen molar-refractivity contribution in [3.63, 3.8) is 0 Å². The third kappa shape index (κ3) is 3.45. The summed E-state index contributed by atoms with van der Waals surface area (Å²) in [6.45, 7) is 1.47. The molecular weight excluding hydrogens is 309 g/mol. The summed E-state index contributed by atoms with van der Waals surface area (Å²) < 4.78 is 18.1. The Hall–Kier alpha value is -0.950. The summed E-state index contributed by atoms with van der Waals surface area (Å²) in [6, 6.07) is 6.40. The number of thiazole rings is 1. The van der Waals surface area contributed by atoms with Gasteiger partial charge in [0.15, 0.2) is 0 Å². The molecule has 1 aliphatic heterocycles. The Morgan fingerprint density at radius 1 is 1.33 bits per heavy atom. The van der Waals surface area contributed by atoms with Crippen LogP contribution in [0.15, 0.2) is 29.6 Å². The van der Waals surface area contributed by atoms with Crippen LogP contribution in [0.25, 0.3) is 10.6 Å². The SMILES string of the molecule is OCC1(CSCc2csc(-c3ccc(F)cc3)n2)COC1. The second-order valence-electron chi connectivity index (χ2n) is 5.29. The normalized spacial score (nSPS) is 16.7. The number of aliphatic hydroxyl groups excluding tert-OH is 1. The van der Waals surface area contributed by atoms with Crippen molar-refractivity contribution >= 4 is 23.1 Å². The lowest BCUT2D eigenvalue weighted by Gasteiger charge is -2.39. The number of nitrogens with zero attached hydrogens (tertiary/aromatic N) is 1. The van der Waals surface area contributed by atoms with Crippen LogP contribution in [0.2, 0.25) is 0 Å². The second kappa shape index (κ2) is 6.44. The number of halogens is 1. The molecular formula is C15H16FNO2S2. The molecule has 0 amide bonds. The highest BCUT2D eigenvalue weighted by atomic mass is 32.2. The fourth-order valence-corrected chi connectivity index (χ4v) is 4.16. The van der Waals surface area contributed by atoms with Crippen molar-refractivity contribution in [3.8, 4) is 10.6 Å². The van der Waals surface area contributed by atoms with E-state index in [0.717, 1.165) is 27.8 Å². The highest BCUT2D eigenvalue weighted by Crippen LogP contribution is 2.33. The number of rotatable bonds is 6. The molecule has 2 heterocycles. The van der Waals surface area contributed by atoms with Crippen molar-refractivity contribution in [1.82, 2.24) is 4.98 Å². The Kier molecular flexibility index (Phi) is 4.59. The van der Waals surface area contributed by atoms with E-state index in [1.807, 2.05) is 5.38 Å². The largest absolute Gasteiger partial charge is 0.396 e. The summed E-state index contributed by atoms with van der Waals surface area (Å²) in [6.07, 6.45) is 0. The average molecular weight is 325 g/mol. The van der Waals surface area contributed by atoms with E-state index in [-0.39, 0.29) is 17.8 Å². The van der Waals surface area contributed by atoms with Gasteiger partial charge in [0.05, 0.1) is 25.5 Å². The Labute approximate surface area is 131 Å². The molecule has 0 saturated carbocycles. The fraction of sp³-hybridized carbons (Fsp3) is 0.400. The van der Waals surface area contributed by atoms with Crippen molar-refractivity contribution in [2.24, 2.45) is 5.41 Å². The Morgan fingerprint density at radius 3 is 2.71 bits per heavy atom. The van der Waals surface area contributed by atoms with Crippen LogP contribution >= 0.6 is 23.1 Å². The first-order chi connectivity index (χ1) is 10.2. The molecule has 0 bridgehead atoms. The minimum absolute atomic E-state index is 0.0551. The molecule has 3 nitrogen and oxygen atoms in total. The van der Waals surface area contributed by atoms with Gasteiger partial charge < -0.3 is 9.84 Å².